The number of thioether (sulfide) groups is 1. The van der Waals surface area contributed by atoms with Gasteiger partial charge in [0.2, 0.25) is 0 Å². The minimum atomic E-state index is -0.186. The number of anilines is 1. The number of methoxy groups -OCH3 is 1. The van der Waals surface area contributed by atoms with Crippen LogP contribution < -0.4 is 10.6 Å². The van der Waals surface area contributed by atoms with E-state index >= 15 is 0 Å². The molecule has 0 aliphatic rings. The number of carbonyl (C=O) groups excluding carboxylic acids is 1. The van der Waals surface area contributed by atoms with E-state index in [-0.39, 0.29) is 16.9 Å². The molecule has 1 atom stereocenters. The molecule has 1 aromatic rings. The van der Waals surface area contributed by atoms with Crippen molar-refractivity contribution in [3.05, 3.63) is 29.8 Å². The van der Waals surface area contributed by atoms with E-state index in [0.717, 1.165) is 11.3 Å². The Morgan fingerprint density at radius 1 is 1.45 bits per heavy atom. The summed E-state index contributed by atoms with van der Waals surface area (Å²) in [7, 11) is 1.67. The number of benzene rings is 1. The second kappa shape index (κ2) is 7.55. The Morgan fingerprint density at radius 3 is 2.75 bits per heavy atom. The lowest BCUT2D eigenvalue weighted by atomic mass is 10.1. The van der Waals surface area contributed by atoms with Crippen molar-refractivity contribution in [2.24, 2.45) is 0 Å². The average Bonchev–Trinajstić information content (AvgIpc) is 2.44. The molecule has 0 aromatic heterocycles. The van der Waals surface area contributed by atoms with Gasteiger partial charge in [-0.3, -0.25) is 0 Å². The lowest BCUT2D eigenvalue weighted by Gasteiger charge is -2.22. The van der Waals surface area contributed by atoms with Gasteiger partial charge in [0.15, 0.2) is 0 Å². The van der Waals surface area contributed by atoms with E-state index < -0.39 is 0 Å². The third-order valence-corrected chi connectivity index (χ3v) is 4.44. The summed E-state index contributed by atoms with van der Waals surface area (Å²) in [6.45, 7) is 6.78. The Balaban J connectivity index is 2.58. The zero-order valence-electron chi connectivity index (χ0n) is 12.8. The van der Waals surface area contributed by atoms with Gasteiger partial charge in [-0.2, -0.15) is 11.8 Å². The fraction of sp³-hybridized carbons (Fsp3) is 0.533. The smallest absolute Gasteiger partial charge is 0.319 e. The quantitative estimate of drug-likeness (QED) is 0.842. The molecule has 2 amide bonds. The fourth-order valence-corrected chi connectivity index (χ4v) is 1.76. The molecule has 5 heteroatoms. The SMILES string of the molecule is CO[C@H](C)c1cccc(NC(=O)NCC(C)(C)SC)c1. The molecule has 0 aliphatic heterocycles. The average molecular weight is 296 g/mol. The van der Waals surface area contributed by atoms with Gasteiger partial charge in [0.1, 0.15) is 0 Å². The van der Waals surface area contributed by atoms with Gasteiger partial charge in [-0.25, -0.2) is 4.79 Å². The van der Waals surface area contributed by atoms with Gasteiger partial charge >= 0.3 is 6.03 Å². The first-order valence-electron chi connectivity index (χ1n) is 6.60. The van der Waals surface area contributed by atoms with E-state index in [1.807, 2.05) is 37.4 Å². The fourth-order valence-electron chi connectivity index (χ4n) is 1.55. The van der Waals surface area contributed by atoms with Crippen LogP contribution in [0.2, 0.25) is 0 Å². The number of nitrogens with one attached hydrogen (secondary N) is 2. The van der Waals surface area contributed by atoms with Crippen LogP contribution in [0.1, 0.15) is 32.4 Å². The van der Waals surface area contributed by atoms with Crippen LogP contribution in [0.15, 0.2) is 24.3 Å². The predicted molar refractivity (Wildman–Crippen MR) is 86.5 cm³/mol. The number of urea groups is 1. The van der Waals surface area contributed by atoms with Crippen molar-refractivity contribution in [2.45, 2.75) is 31.6 Å². The third-order valence-electron chi connectivity index (χ3n) is 3.19. The molecule has 4 nitrogen and oxygen atoms in total. The molecule has 0 fully saturated rings. The lowest BCUT2D eigenvalue weighted by Crippen LogP contribution is -2.38. The van der Waals surface area contributed by atoms with Crippen LogP contribution in [0.25, 0.3) is 0 Å². The molecule has 20 heavy (non-hydrogen) atoms. The van der Waals surface area contributed by atoms with Crippen LogP contribution in [0.5, 0.6) is 0 Å². The zero-order valence-corrected chi connectivity index (χ0v) is 13.6. The molecule has 2 N–H and O–H groups in total. The third kappa shape index (κ3) is 5.43. The summed E-state index contributed by atoms with van der Waals surface area (Å²) in [5, 5.41) is 5.73. The van der Waals surface area contributed by atoms with Crippen molar-refractivity contribution < 1.29 is 9.53 Å². The minimum absolute atomic E-state index is 0.00948. The summed E-state index contributed by atoms with van der Waals surface area (Å²) in [4.78, 5) is 11.9. The molecule has 112 valence electrons. The highest BCUT2D eigenvalue weighted by atomic mass is 32.2. The summed E-state index contributed by atoms with van der Waals surface area (Å²) < 4.78 is 5.30. The van der Waals surface area contributed by atoms with Gasteiger partial charge in [-0.05, 0) is 44.7 Å². The molecule has 1 aromatic carbocycles. The highest BCUT2D eigenvalue weighted by Gasteiger charge is 2.16. The maximum Gasteiger partial charge on any atom is 0.319 e. The number of amides is 2. The lowest BCUT2D eigenvalue weighted by molar-refractivity contribution is 0.119. The number of hydrogen-bond donors (Lipinski definition) is 2. The Kier molecular flexibility index (Phi) is 6.36. The summed E-state index contributed by atoms with van der Waals surface area (Å²) in [5.41, 5.74) is 1.81. The normalized spacial score (nSPS) is 12.8. The number of carbonyl (C=O) groups is 1. The maximum absolute atomic E-state index is 11.9. The van der Waals surface area contributed by atoms with Crippen molar-refractivity contribution in [1.82, 2.24) is 5.32 Å². The van der Waals surface area contributed by atoms with Crippen molar-refractivity contribution in [3.63, 3.8) is 0 Å². The molecule has 0 heterocycles. The molecular formula is C15H24N2O2S. The van der Waals surface area contributed by atoms with E-state index in [0.29, 0.717) is 6.54 Å². The van der Waals surface area contributed by atoms with Gasteiger partial charge in [0.25, 0.3) is 0 Å². The van der Waals surface area contributed by atoms with Gasteiger partial charge < -0.3 is 15.4 Å². The zero-order chi connectivity index (χ0) is 15.2. The van der Waals surface area contributed by atoms with Gasteiger partial charge in [-0.1, -0.05) is 12.1 Å². The molecule has 0 aliphatic carbocycles. The first-order chi connectivity index (χ1) is 9.38. The van der Waals surface area contributed by atoms with Gasteiger partial charge in [0, 0.05) is 24.1 Å². The monoisotopic (exact) mass is 296 g/mol. The van der Waals surface area contributed by atoms with Crippen LogP contribution in [-0.4, -0.2) is 30.7 Å². The van der Waals surface area contributed by atoms with Crippen LogP contribution >= 0.6 is 11.8 Å². The predicted octanol–water partition coefficient (Wildman–Crippen LogP) is 3.66. The first-order valence-corrected chi connectivity index (χ1v) is 7.83. The number of rotatable bonds is 6. The molecule has 0 unspecified atom stereocenters. The van der Waals surface area contributed by atoms with Crippen LogP contribution in [0.4, 0.5) is 10.5 Å². The number of ether oxygens (including phenoxy) is 1. The highest BCUT2D eigenvalue weighted by molar-refractivity contribution is 7.99. The maximum atomic E-state index is 11.9. The van der Waals surface area contributed by atoms with E-state index in [9.17, 15) is 4.79 Å². The van der Waals surface area contributed by atoms with E-state index in [2.05, 4.69) is 24.5 Å². The summed E-state index contributed by atoms with van der Waals surface area (Å²) in [6, 6.07) is 7.49. The Hall–Kier alpha value is -1.20. The van der Waals surface area contributed by atoms with Gasteiger partial charge in [-0.15, -0.1) is 0 Å². The second-order valence-electron chi connectivity index (χ2n) is 5.27. The standard InChI is InChI=1S/C15H24N2O2S/c1-11(19-4)12-7-6-8-13(9-12)17-14(18)16-10-15(2,3)20-5/h6-9,11H,10H2,1-5H3,(H2,16,17,18)/t11-/m1/s1. The first kappa shape index (κ1) is 16.9. The Bertz CT molecular complexity index is 449. The Morgan fingerprint density at radius 2 is 2.15 bits per heavy atom. The number of hydrogen-bond acceptors (Lipinski definition) is 3. The van der Waals surface area contributed by atoms with Gasteiger partial charge in [0.05, 0.1) is 6.10 Å². The Labute approximate surface area is 125 Å². The molecule has 0 radical (unpaired) electrons. The van der Waals surface area contributed by atoms with Crippen molar-refractivity contribution in [2.75, 3.05) is 25.2 Å². The van der Waals surface area contributed by atoms with E-state index in [1.165, 1.54) is 0 Å². The van der Waals surface area contributed by atoms with Crippen LogP contribution in [0, 0.1) is 0 Å². The van der Waals surface area contributed by atoms with Crippen molar-refractivity contribution in [3.8, 4) is 0 Å². The molecule has 0 spiro atoms. The van der Waals surface area contributed by atoms with Crippen LogP contribution in [0.3, 0.4) is 0 Å². The van der Waals surface area contributed by atoms with E-state index in [4.69, 9.17) is 4.74 Å². The van der Waals surface area contributed by atoms with E-state index in [1.54, 1.807) is 18.9 Å². The molecule has 1 rings (SSSR count). The second-order valence-corrected chi connectivity index (χ2v) is 6.79. The summed E-state index contributed by atoms with van der Waals surface area (Å²) in [6.07, 6.45) is 2.05. The summed E-state index contributed by atoms with van der Waals surface area (Å²) in [5.74, 6) is 0. The minimum Gasteiger partial charge on any atom is -0.377 e. The molecule has 0 saturated carbocycles. The largest absolute Gasteiger partial charge is 0.377 e. The molecular weight excluding hydrogens is 272 g/mol. The van der Waals surface area contributed by atoms with Crippen LogP contribution in [-0.2, 0) is 4.74 Å². The highest BCUT2D eigenvalue weighted by Crippen LogP contribution is 2.21. The van der Waals surface area contributed by atoms with Crippen molar-refractivity contribution >= 4 is 23.5 Å². The summed E-state index contributed by atoms with van der Waals surface area (Å²) >= 11 is 1.73. The molecule has 0 bridgehead atoms. The molecule has 0 saturated heterocycles. The van der Waals surface area contributed by atoms with Crippen molar-refractivity contribution in [1.29, 1.82) is 0 Å². The topological polar surface area (TPSA) is 50.4 Å².